The molecule has 0 bridgehead atoms. The summed E-state index contributed by atoms with van der Waals surface area (Å²) >= 11 is 0. The van der Waals surface area contributed by atoms with Gasteiger partial charge in [0.2, 0.25) is 0 Å². The molecule has 1 aromatic heterocycles. The molecule has 2 saturated heterocycles. The zero-order valence-corrected chi connectivity index (χ0v) is 11.8. The van der Waals surface area contributed by atoms with Gasteiger partial charge >= 0.3 is 0 Å². The predicted octanol–water partition coefficient (Wildman–Crippen LogP) is 0.683. The van der Waals surface area contributed by atoms with E-state index in [0.29, 0.717) is 12.6 Å². The van der Waals surface area contributed by atoms with E-state index in [9.17, 15) is 0 Å². The normalized spacial score (nSPS) is 26.5. The van der Waals surface area contributed by atoms with Gasteiger partial charge in [-0.05, 0) is 26.3 Å². The highest BCUT2D eigenvalue weighted by molar-refractivity contribution is 5.12. The van der Waals surface area contributed by atoms with Gasteiger partial charge in [0.05, 0.1) is 12.2 Å². The fourth-order valence-corrected chi connectivity index (χ4v) is 3.52. The highest BCUT2D eigenvalue weighted by Crippen LogP contribution is 2.27. The van der Waals surface area contributed by atoms with E-state index in [1.807, 2.05) is 10.9 Å². The maximum Gasteiger partial charge on any atom is 0.0538 e. The van der Waals surface area contributed by atoms with Crippen LogP contribution in [0.1, 0.15) is 31.4 Å². The van der Waals surface area contributed by atoms with Gasteiger partial charge in [-0.25, -0.2) is 0 Å². The van der Waals surface area contributed by atoms with Gasteiger partial charge < -0.3 is 5.73 Å². The van der Waals surface area contributed by atoms with Crippen molar-refractivity contribution >= 4 is 0 Å². The topological polar surface area (TPSA) is 50.3 Å². The van der Waals surface area contributed by atoms with Gasteiger partial charge in [-0.2, -0.15) is 5.10 Å². The van der Waals surface area contributed by atoms with E-state index in [2.05, 4.69) is 28.0 Å². The van der Waals surface area contributed by atoms with Gasteiger partial charge in [0.1, 0.15) is 0 Å². The molecule has 0 spiro atoms. The van der Waals surface area contributed by atoms with Crippen LogP contribution in [0.25, 0.3) is 0 Å². The smallest absolute Gasteiger partial charge is 0.0538 e. The number of aromatic nitrogens is 2. The van der Waals surface area contributed by atoms with Gasteiger partial charge in [-0.15, -0.1) is 0 Å². The first-order chi connectivity index (χ1) is 9.31. The Kier molecular flexibility index (Phi) is 3.86. The van der Waals surface area contributed by atoms with E-state index in [0.717, 1.165) is 19.1 Å². The molecule has 2 unspecified atom stereocenters. The number of fused-ring (bicyclic) bond motifs is 1. The molecular formula is C14H25N5. The highest BCUT2D eigenvalue weighted by Gasteiger charge is 2.33. The second-order valence-corrected chi connectivity index (χ2v) is 5.71. The molecule has 2 aliphatic rings. The number of aryl methyl sites for hydroxylation is 1. The molecular weight excluding hydrogens is 238 g/mol. The predicted molar refractivity (Wildman–Crippen MR) is 75.9 cm³/mol. The Morgan fingerprint density at radius 1 is 1.42 bits per heavy atom. The molecule has 0 saturated carbocycles. The van der Waals surface area contributed by atoms with Crippen LogP contribution in [0, 0.1) is 0 Å². The first kappa shape index (κ1) is 13.1. The Bertz CT molecular complexity index is 416. The molecule has 2 atom stereocenters. The molecule has 3 rings (SSSR count). The van der Waals surface area contributed by atoms with Gasteiger partial charge in [0.15, 0.2) is 0 Å². The number of rotatable bonds is 4. The van der Waals surface area contributed by atoms with Crippen LogP contribution in [-0.4, -0.2) is 58.3 Å². The third kappa shape index (κ3) is 2.55. The van der Waals surface area contributed by atoms with Crippen molar-refractivity contribution in [1.29, 1.82) is 0 Å². The van der Waals surface area contributed by atoms with Crippen molar-refractivity contribution in [1.82, 2.24) is 19.6 Å². The van der Waals surface area contributed by atoms with Crippen LogP contribution in [0.4, 0.5) is 0 Å². The second-order valence-electron chi connectivity index (χ2n) is 5.71. The minimum Gasteiger partial charge on any atom is -0.329 e. The Labute approximate surface area is 115 Å². The van der Waals surface area contributed by atoms with E-state index in [1.165, 1.54) is 38.0 Å². The fraction of sp³-hybridized carbons (Fsp3) is 0.786. The summed E-state index contributed by atoms with van der Waals surface area (Å²) in [5.74, 6) is 0. The Morgan fingerprint density at radius 2 is 2.32 bits per heavy atom. The van der Waals surface area contributed by atoms with E-state index >= 15 is 0 Å². The number of nitrogens with zero attached hydrogens (tertiary/aromatic N) is 4. The quantitative estimate of drug-likeness (QED) is 0.868. The van der Waals surface area contributed by atoms with E-state index in [-0.39, 0.29) is 0 Å². The SMILES string of the molecule is CCn1cc(C(CN)N2CCN3CCCC3C2)cn1. The summed E-state index contributed by atoms with van der Waals surface area (Å²) in [7, 11) is 0. The minimum atomic E-state index is 0.336. The molecule has 3 heterocycles. The summed E-state index contributed by atoms with van der Waals surface area (Å²) in [6, 6.07) is 1.09. The largest absolute Gasteiger partial charge is 0.329 e. The number of hydrogen-bond acceptors (Lipinski definition) is 4. The molecule has 106 valence electrons. The van der Waals surface area contributed by atoms with Crippen molar-refractivity contribution in [3.05, 3.63) is 18.0 Å². The van der Waals surface area contributed by atoms with Crippen LogP contribution < -0.4 is 5.73 Å². The highest BCUT2D eigenvalue weighted by atomic mass is 15.3. The second kappa shape index (κ2) is 5.61. The van der Waals surface area contributed by atoms with Crippen LogP contribution >= 0.6 is 0 Å². The summed E-state index contributed by atoms with van der Waals surface area (Å²) in [5.41, 5.74) is 7.31. The molecule has 5 heteroatoms. The average molecular weight is 263 g/mol. The Balaban J connectivity index is 1.71. The lowest BCUT2D eigenvalue weighted by Crippen LogP contribution is -2.52. The first-order valence-electron chi connectivity index (χ1n) is 7.52. The van der Waals surface area contributed by atoms with Gasteiger partial charge in [0, 0.05) is 50.5 Å². The standard InChI is InChI=1S/C14H25N5/c1-2-19-10-12(9-16-19)14(8-15)18-7-6-17-5-3-4-13(17)11-18/h9-10,13-14H,2-8,11,15H2,1H3. The third-order valence-corrected chi connectivity index (χ3v) is 4.64. The van der Waals surface area contributed by atoms with Crippen LogP contribution in [-0.2, 0) is 6.54 Å². The first-order valence-corrected chi connectivity index (χ1v) is 7.52. The molecule has 0 aliphatic carbocycles. The van der Waals surface area contributed by atoms with Crippen LogP contribution in [0.3, 0.4) is 0 Å². The van der Waals surface area contributed by atoms with E-state index in [1.54, 1.807) is 0 Å². The van der Waals surface area contributed by atoms with Crippen molar-refractivity contribution in [2.75, 3.05) is 32.7 Å². The third-order valence-electron chi connectivity index (χ3n) is 4.64. The summed E-state index contributed by atoms with van der Waals surface area (Å²) < 4.78 is 1.99. The molecule has 5 nitrogen and oxygen atoms in total. The van der Waals surface area contributed by atoms with Crippen LogP contribution in [0.15, 0.2) is 12.4 Å². The zero-order valence-electron chi connectivity index (χ0n) is 11.8. The summed E-state index contributed by atoms with van der Waals surface area (Å²) in [5, 5.41) is 4.39. The maximum atomic E-state index is 6.03. The lowest BCUT2D eigenvalue weighted by Gasteiger charge is -2.41. The summed E-state index contributed by atoms with van der Waals surface area (Å²) in [6.07, 6.45) is 6.85. The molecule has 2 aliphatic heterocycles. The minimum absolute atomic E-state index is 0.336. The lowest BCUT2D eigenvalue weighted by atomic mass is 10.1. The van der Waals surface area contributed by atoms with Crippen molar-refractivity contribution in [3.8, 4) is 0 Å². The molecule has 0 amide bonds. The number of nitrogens with two attached hydrogens (primary N) is 1. The Morgan fingerprint density at radius 3 is 3.05 bits per heavy atom. The molecule has 19 heavy (non-hydrogen) atoms. The van der Waals surface area contributed by atoms with Crippen LogP contribution in [0.5, 0.6) is 0 Å². The van der Waals surface area contributed by atoms with Gasteiger partial charge in [-0.3, -0.25) is 14.5 Å². The van der Waals surface area contributed by atoms with Crippen molar-refractivity contribution in [3.63, 3.8) is 0 Å². The molecule has 0 radical (unpaired) electrons. The Hall–Kier alpha value is -0.910. The van der Waals surface area contributed by atoms with Gasteiger partial charge in [0.25, 0.3) is 0 Å². The van der Waals surface area contributed by atoms with Crippen LogP contribution in [0.2, 0.25) is 0 Å². The summed E-state index contributed by atoms with van der Waals surface area (Å²) in [4.78, 5) is 5.20. The molecule has 1 aromatic rings. The molecule has 0 aromatic carbocycles. The number of piperazine rings is 1. The zero-order chi connectivity index (χ0) is 13.2. The molecule has 2 N–H and O–H groups in total. The summed E-state index contributed by atoms with van der Waals surface area (Å²) in [6.45, 7) is 8.51. The fourth-order valence-electron chi connectivity index (χ4n) is 3.52. The van der Waals surface area contributed by atoms with Gasteiger partial charge in [-0.1, -0.05) is 0 Å². The molecule has 2 fully saturated rings. The van der Waals surface area contributed by atoms with Crippen molar-refractivity contribution < 1.29 is 0 Å². The average Bonchev–Trinajstić information content (AvgIpc) is 3.07. The lowest BCUT2D eigenvalue weighted by molar-refractivity contribution is 0.0737. The van der Waals surface area contributed by atoms with E-state index in [4.69, 9.17) is 5.73 Å². The van der Waals surface area contributed by atoms with Crippen molar-refractivity contribution in [2.24, 2.45) is 5.73 Å². The number of hydrogen-bond donors (Lipinski definition) is 1. The maximum absolute atomic E-state index is 6.03. The van der Waals surface area contributed by atoms with Crippen molar-refractivity contribution in [2.45, 2.75) is 38.4 Å². The monoisotopic (exact) mass is 263 g/mol. The van der Waals surface area contributed by atoms with E-state index < -0.39 is 0 Å².